The number of quaternary nitrogens is 1. The molecule has 25 heavy (non-hydrogen) atoms. The molecule has 1 amide bonds. The number of nitrogens with two attached hydrogens (primary N) is 1. The lowest BCUT2D eigenvalue weighted by Crippen LogP contribution is -2.94. The number of benzene rings is 2. The van der Waals surface area contributed by atoms with Crippen molar-refractivity contribution in [1.29, 1.82) is 0 Å². The summed E-state index contributed by atoms with van der Waals surface area (Å²) >= 11 is 0. The molecule has 2 aromatic rings. The predicted molar refractivity (Wildman–Crippen MR) is 102 cm³/mol. The summed E-state index contributed by atoms with van der Waals surface area (Å²) in [6.45, 7) is 8.29. The number of amides is 1. The molecule has 0 bridgehead atoms. The molecular weight excluding hydrogens is 312 g/mol. The van der Waals surface area contributed by atoms with Crippen LogP contribution in [0.5, 0.6) is 5.75 Å². The first kappa shape index (κ1) is 19.0. The second-order valence-electron chi connectivity index (χ2n) is 7.24. The Kier molecular flexibility index (Phi) is 7.02. The van der Waals surface area contributed by atoms with Gasteiger partial charge in [-0.2, -0.15) is 0 Å². The first-order valence-corrected chi connectivity index (χ1v) is 8.83. The maximum atomic E-state index is 11.8. The van der Waals surface area contributed by atoms with Crippen LogP contribution in [0.2, 0.25) is 0 Å². The smallest absolute Gasteiger partial charge is 0.257 e. The Bertz CT molecular complexity index is 646. The molecule has 3 N–H and O–H groups in total. The lowest BCUT2D eigenvalue weighted by Gasteiger charge is -2.16. The summed E-state index contributed by atoms with van der Waals surface area (Å²) in [6.07, 6.45) is 0.953. The zero-order valence-corrected chi connectivity index (χ0v) is 15.4. The Morgan fingerprint density at radius 2 is 1.64 bits per heavy atom. The highest BCUT2D eigenvalue weighted by Crippen LogP contribution is 2.21. The van der Waals surface area contributed by atoms with Gasteiger partial charge in [0.25, 0.3) is 5.91 Å². The standard InChI is InChI=1S/C21H28N2O2/c1-21(2,3)23-15-7-14-22-20(24)16-25-19-12-10-18(11-13-19)17-8-5-4-6-9-17/h4-6,8-13,23H,7,14-16H2,1-3H3,(H,22,24)/p+1. The Hall–Kier alpha value is -2.33. The Balaban J connectivity index is 1.68. The molecule has 0 atom stereocenters. The molecule has 0 spiro atoms. The molecule has 2 aromatic carbocycles. The van der Waals surface area contributed by atoms with Crippen LogP contribution >= 0.6 is 0 Å². The van der Waals surface area contributed by atoms with Crippen LogP contribution in [-0.4, -0.2) is 31.1 Å². The van der Waals surface area contributed by atoms with Crippen LogP contribution < -0.4 is 15.4 Å². The number of hydrogen-bond acceptors (Lipinski definition) is 2. The van der Waals surface area contributed by atoms with Crippen molar-refractivity contribution in [3.63, 3.8) is 0 Å². The zero-order valence-electron chi connectivity index (χ0n) is 15.4. The number of ether oxygens (including phenoxy) is 1. The van der Waals surface area contributed by atoms with Gasteiger partial charge in [-0.15, -0.1) is 0 Å². The van der Waals surface area contributed by atoms with E-state index >= 15 is 0 Å². The lowest BCUT2D eigenvalue weighted by atomic mass is 10.1. The predicted octanol–water partition coefficient (Wildman–Crippen LogP) is 2.60. The van der Waals surface area contributed by atoms with Crippen LogP contribution in [-0.2, 0) is 4.79 Å². The Morgan fingerprint density at radius 1 is 1.00 bits per heavy atom. The second kappa shape index (κ2) is 9.23. The van der Waals surface area contributed by atoms with Gasteiger partial charge in [-0.25, -0.2) is 0 Å². The molecule has 0 saturated carbocycles. The number of carbonyl (C=O) groups excluding carboxylic acids is 1. The Morgan fingerprint density at radius 3 is 2.28 bits per heavy atom. The highest BCUT2D eigenvalue weighted by atomic mass is 16.5. The molecule has 0 saturated heterocycles. The maximum Gasteiger partial charge on any atom is 0.257 e. The minimum Gasteiger partial charge on any atom is -0.484 e. The van der Waals surface area contributed by atoms with Gasteiger partial charge in [0, 0.05) is 13.0 Å². The van der Waals surface area contributed by atoms with Crippen LogP contribution in [0.4, 0.5) is 0 Å². The van der Waals surface area contributed by atoms with E-state index in [1.165, 1.54) is 5.56 Å². The van der Waals surface area contributed by atoms with Gasteiger partial charge in [-0.1, -0.05) is 42.5 Å². The third-order valence-electron chi connectivity index (χ3n) is 3.79. The van der Waals surface area contributed by atoms with E-state index in [-0.39, 0.29) is 18.1 Å². The molecule has 0 aliphatic rings. The summed E-state index contributed by atoms with van der Waals surface area (Å²) in [4.78, 5) is 11.8. The van der Waals surface area contributed by atoms with E-state index in [1.807, 2.05) is 42.5 Å². The quantitative estimate of drug-likeness (QED) is 0.725. The lowest BCUT2D eigenvalue weighted by molar-refractivity contribution is -0.717. The van der Waals surface area contributed by atoms with E-state index in [9.17, 15) is 4.79 Å². The fourth-order valence-electron chi connectivity index (χ4n) is 2.44. The van der Waals surface area contributed by atoms with E-state index in [2.05, 4.69) is 43.5 Å². The summed E-state index contributed by atoms with van der Waals surface area (Å²) in [5.41, 5.74) is 2.53. The van der Waals surface area contributed by atoms with Gasteiger partial charge >= 0.3 is 0 Å². The fraction of sp³-hybridized carbons (Fsp3) is 0.381. The van der Waals surface area contributed by atoms with Crippen molar-refractivity contribution in [3.05, 3.63) is 54.6 Å². The molecule has 0 fully saturated rings. The van der Waals surface area contributed by atoms with Crippen LogP contribution in [0.1, 0.15) is 27.2 Å². The molecule has 0 aliphatic heterocycles. The van der Waals surface area contributed by atoms with Crippen molar-refractivity contribution in [3.8, 4) is 16.9 Å². The molecule has 0 unspecified atom stereocenters. The average molecular weight is 341 g/mol. The van der Waals surface area contributed by atoms with Gasteiger partial charge in [0.05, 0.1) is 12.1 Å². The topological polar surface area (TPSA) is 54.9 Å². The molecule has 0 heterocycles. The normalized spacial score (nSPS) is 11.2. The highest BCUT2D eigenvalue weighted by Gasteiger charge is 2.11. The number of rotatable bonds is 8. The van der Waals surface area contributed by atoms with Crippen molar-refractivity contribution < 1.29 is 14.8 Å². The van der Waals surface area contributed by atoms with Crippen LogP contribution in [0, 0.1) is 0 Å². The molecule has 0 radical (unpaired) electrons. The van der Waals surface area contributed by atoms with E-state index in [1.54, 1.807) is 0 Å². The van der Waals surface area contributed by atoms with E-state index < -0.39 is 0 Å². The first-order chi connectivity index (χ1) is 11.9. The maximum absolute atomic E-state index is 11.8. The van der Waals surface area contributed by atoms with Gasteiger partial charge < -0.3 is 15.4 Å². The van der Waals surface area contributed by atoms with Gasteiger partial charge in [0.1, 0.15) is 5.75 Å². The minimum absolute atomic E-state index is 0.0493. The van der Waals surface area contributed by atoms with Gasteiger partial charge in [-0.05, 0) is 44.0 Å². The number of hydrogen-bond donors (Lipinski definition) is 2. The molecule has 134 valence electrons. The summed E-state index contributed by atoms with van der Waals surface area (Å²) < 4.78 is 5.55. The van der Waals surface area contributed by atoms with Gasteiger partial charge in [0.15, 0.2) is 6.61 Å². The van der Waals surface area contributed by atoms with Crippen molar-refractivity contribution >= 4 is 5.91 Å². The first-order valence-electron chi connectivity index (χ1n) is 8.83. The molecule has 2 rings (SSSR count). The third kappa shape index (κ3) is 7.40. The van der Waals surface area contributed by atoms with Crippen molar-refractivity contribution in [2.24, 2.45) is 0 Å². The van der Waals surface area contributed by atoms with Crippen molar-refractivity contribution in [2.75, 3.05) is 19.7 Å². The monoisotopic (exact) mass is 341 g/mol. The SMILES string of the molecule is CC(C)(C)[NH2+]CCCNC(=O)COc1ccc(-c2ccccc2)cc1. The number of nitrogens with one attached hydrogen (secondary N) is 1. The summed E-state index contributed by atoms with van der Waals surface area (Å²) in [5.74, 6) is 0.624. The highest BCUT2D eigenvalue weighted by molar-refractivity contribution is 5.77. The second-order valence-corrected chi connectivity index (χ2v) is 7.24. The summed E-state index contributed by atoms with van der Waals surface area (Å²) in [7, 11) is 0. The van der Waals surface area contributed by atoms with Gasteiger partial charge in [-0.3, -0.25) is 4.79 Å². The van der Waals surface area contributed by atoms with Gasteiger partial charge in [0.2, 0.25) is 0 Å². The molecular formula is C21H29N2O2+. The fourth-order valence-corrected chi connectivity index (χ4v) is 2.44. The molecule has 4 heteroatoms. The minimum atomic E-state index is -0.0807. The average Bonchev–Trinajstić information content (AvgIpc) is 2.60. The van der Waals surface area contributed by atoms with Crippen LogP contribution in [0.25, 0.3) is 11.1 Å². The number of carbonyl (C=O) groups is 1. The molecule has 0 aromatic heterocycles. The summed E-state index contributed by atoms with van der Waals surface area (Å²) in [5, 5.41) is 5.17. The van der Waals surface area contributed by atoms with Crippen LogP contribution in [0.3, 0.4) is 0 Å². The molecule has 4 nitrogen and oxygen atoms in total. The van der Waals surface area contributed by atoms with Crippen LogP contribution in [0.15, 0.2) is 54.6 Å². The van der Waals surface area contributed by atoms with Crippen molar-refractivity contribution in [1.82, 2.24) is 5.32 Å². The van der Waals surface area contributed by atoms with E-state index in [0.717, 1.165) is 18.5 Å². The van der Waals surface area contributed by atoms with E-state index in [0.29, 0.717) is 12.3 Å². The third-order valence-corrected chi connectivity index (χ3v) is 3.79. The zero-order chi connectivity index (χ0) is 18.1. The van der Waals surface area contributed by atoms with E-state index in [4.69, 9.17) is 4.74 Å². The van der Waals surface area contributed by atoms with Crippen molar-refractivity contribution in [2.45, 2.75) is 32.7 Å². The largest absolute Gasteiger partial charge is 0.484 e. The molecule has 0 aliphatic carbocycles. The summed E-state index contributed by atoms with van der Waals surface area (Å²) in [6, 6.07) is 18.0. The Labute approximate surface area is 150 Å².